The van der Waals surface area contributed by atoms with Gasteiger partial charge < -0.3 is 19.8 Å². The number of carboxylic acids is 2. The molecular weight excluding hydrogens is 214 g/mol. The largest absolute Gasteiger partial charge is 0.480 e. The van der Waals surface area contributed by atoms with Gasteiger partial charge in [0.1, 0.15) is 0 Å². The van der Waals surface area contributed by atoms with Gasteiger partial charge in [0.2, 0.25) is 0 Å². The van der Waals surface area contributed by atoms with Crippen LogP contribution in [0.25, 0.3) is 0 Å². The van der Waals surface area contributed by atoms with E-state index in [-0.39, 0.29) is 12.8 Å². The van der Waals surface area contributed by atoms with Gasteiger partial charge in [-0.15, -0.1) is 0 Å². The van der Waals surface area contributed by atoms with Gasteiger partial charge in [-0.3, -0.25) is 9.59 Å². The molecule has 0 aromatic rings. The van der Waals surface area contributed by atoms with E-state index in [4.69, 9.17) is 14.9 Å². The summed E-state index contributed by atoms with van der Waals surface area (Å²) >= 11 is 0. The van der Waals surface area contributed by atoms with Crippen molar-refractivity contribution in [3.8, 4) is 0 Å². The number of hydrogen-bond acceptors (Lipinski definition) is 4. The summed E-state index contributed by atoms with van der Waals surface area (Å²) in [6.45, 7) is 2.27. The first-order valence-electron chi connectivity index (χ1n) is 5.21. The first-order chi connectivity index (χ1) is 7.53. The normalized spacial score (nSPS) is 20.6. The molecule has 1 fully saturated rings. The second kappa shape index (κ2) is 5.27. The van der Waals surface area contributed by atoms with Crippen molar-refractivity contribution in [2.24, 2.45) is 5.41 Å². The van der Waals surface area contributed by atoms with Gasteiger partial charge in [0.05, 0.1) is 6.61 Å². The van der Waals surface area contributed by atoms with Crippen LogP contribution in [0.3, 0.4) is 0 Å². The van der Waals surface area contributed by atoms with Crippen LogP contribution >= 0.6 is 0 Å². The first kappa shape index (κ1) is 12.9. The van der Waals surface area contributed by atoms with E-state index >= 15 is 0 Å². The van der Waals surface area contributed by atoms with Crippen molar-refractivity contribution < 1.29 is 24.5 Å². The topological polar surface area (TPSA) is 87.1 Å². The van der Waals surface area contributed by atoms with E-state index in [0.717, 1.165) is 0 Å². The molecule has 0 radical (unpaired) electrons. The zero-order chi connectivity index (χ0) is 12.2. The Labute approximate surface area is 93.8 Å². The zero-order valence-electron chi connectivity index (χ0n) is 9.31. The highest BCUT2D eigenvalue weighted by Crippen LogP contribution is 2.32. The molecule has 92 valence electrons. The number of methoxy groups -OCH3 is 1. The lowest BCUT2D eigenvalue weighted by Crippen LogP contribution is -2.49. The number of piperidine rings is 1. The molecule has 1 rings (SSSR count). The van der Waals surface area contributed by atoms with Crippen LogP contribution < -0.4 is 0 Å². The van der Waals surface area contributed by atoms with E-state index in [2.05, 4.69) is 0 Å². The summed E-state index contributed by atoms with van der Waals surface area (Å²) < 4.78 is 4.92. The number of carboxylic acid groups (broad SMARTS) is 2. The molecule has 0 spiro atoms. The third-order valence-electron chi connectivity index (χ3n) is 3.14. The number of likely N-dealkylation sites (tertiary alicyclic amines) is 1. The molecule has 1 heterocycles. The lowest BCUT2D eigenvalue weighted by Gasteiger charge is -2.35. The quantitative estimate of drug-likeness (QED) is 0.642. The highest BCUT2D eigenvalue weighted by atomic mass is 16.5. The minimum Gasteiger partial charge on any atom is -0.480 e. The predicted molar refractivity (Wildman–Crippen MR) is 55.3 cm³/mol. The van der Waals surface area contributed by atoms with Crippen LogP contribution in [0.5, 0.6) is 0 Å². The highest BCUT2D eigenvalue weighted by Gasteiger charge is 2.48. The maximum atomic E-state index is 11.0. The number of hydrogen-bond donors (Lipinski definition) is 2. The molecule has 6 nitrogen and oxygen atoms in total. The standard InChI is InChI=1S/C10H17NO5/c1-16-7-6-11-4-2-10(3-5-11,8(12)13)9(14)15/h2-7H2,1H3,(H,12,13)(H,14,15). The fourth-order valence-corrected chi connectivity index (χ4v) is 1.90. The van der Waals surface area contributed by atoms with E-state index in [0.29, 0.717) is 26.2 Å². The second-order valence-electron chi connectivity index (χ2n) is 4.03. The van der Waals surface area contributed by atoms with Crippen LogP contribution in [-0.4, -0.2) is 60.4 Å². The number of ether oxygens (including phenoxy) is 1. The van der Waals surface area contributed by atoms with Crippen molar-refractivity contribution >= 4 is 11.9 Å². The van der Waals surface area contributed by atoms with Gasteiger partial charge in [0.15, 0.2) is 5.41 Å². The van der Waals surface area contributed by atoms with Crippen molar-refractivity contribution in [1.82, 2.24) is 4.90 Å². The Balaban J connectivity index is 2.57. The fraction of sp³-hybridized carbons (Fsp3) is 0.800. The molecule has 0 aromatic carbocycles. The van der Waals surface area contributed by atoms with Gasteiger partial charge in [0, 0.05) is 13.7 Å². The third-order valence-corrected chi connectivity index (χ3v) is 3.14. The molecule has 1 aliphatic rings. The van der Waals surface area contributed by atoms with E-state index in [1.54, 1.807) is 7.11 Å². The summed E-state index contributed by atoms with van der Waals surface area (Å²) in [7, 11) is 1.60. The highest BCUT2D eigenvalue weighted by molar-refractivity contribution is 5.98. The number of nitrogens with zero attached hydrogens (tertiary/aromatic N) is 1. The average Bonchev–Trinajstić information content (AvgIpc) is 2.26. The molecule has 0 saturated carbocycles. The number of carbonyl (C=O) groups is 2. The molecule has 1 aliphatic heterocycles. The Kier molecular flexibility index (Phi) is 4.26. The summed E-state index contributed by atoms with van der Waals surface area (Å²) in [5, 5.41) is 18.0. The summed E-state index contributed by atoms with van der Waals surface area (Å²) in [6.07, 6.45) is 0.308. The minimum absolute atomic E-state index is 0.154. The molecule has 1 saturated heterocycles. The van der Waals surface area contributed by atoms with Gasteiger partial charge >= 0.3 is 11.9 Å². The Morgan fingerprint density at radius 1 is 1.25 bits per heavy atom. The summed E-state index contributed by atoms with van der Waals surface area (Å²) in [6, 6.07) is 0. The van der Waals surface area contributed by atoms with Gasteiger partial charge in [0.25, 0.3) is 0 Å². The summed E-state index contributed by atoms with van der Waals surface area (Å²) in [5.74, 6) is -2.46. The van der Waals surface area contributed by atoms with Crippen molar-refractivity contribution in [3.63, 3.8) is 0 Å². The van der Waals surface area contributed by atoms with Crippen LogP contribution in [0.2, 0.25) is 0 Å². The second-order valence-corrected chi connectivity index (χ2v) is 4.03. The SMILES string of the molecule is COCCN1CCC(C(=O)O)(C(=O)O)CC1. The lowest BCUT2D eigenvalue weighted by atomic mass is 9.78. The molecule has 0 atom stereocenters. The molecule has 0 amide bonds. The molecule has 16 heavy (non-hydrogen) atoms. The monoisotopic (exact) mass is 231 g/mol. The van der Waals surface area contributed by atoms with Crippen LogP contribution in [0.4, 0.5) is 0 Å². The van der Waals surface area contributed by atoms with Crippen molar-refractivity contribution in [1.29, 1.82) is 0 Å². The van der Waals surface area contributed by atoms with Gasteiger partial charge in [-0.25, -0.2) is 0 Å². The Bertz CT molecular complexity index is 254. The number of rotatable bonds is 5. The van der Waals surface area contributed by atoms with Crippen LogP contribution in [0, 0.1) is 5.41 Å². The Hall–Kier alpha value is -1.14. The van der Waals surface area contributed by atoms with E-state index in [9.17, 15) is 9.59 Å². The fourth-order valence-electron chi connectivity index (χ4n) is 1.90. The smallest absolute Gasteiger partial charge is 0.321 e. The van der Waals surface area contributed by atoms with E-state index in [1.165, 1.54) is 0 Å². The Morgan fingerprint density at radius 3 is 2.12 bits per heavy atom. The Morgan fingerprint density at radius 2 is 1.75 bits per heavy atom. The number of aliphatic carboxylic acids is 2. The van der Waals surface area contributed by atoms with Crippen LogP contribution in [-0.2, 0) is 14.3 Å². The first-order valence-corrected chi connectivity index (χ1v) is 5.21. The average molecular weight is 231 g/mol. The molecule has 0 unspecified atom stereocenters. The maximum Gasteiger partial charge on any atom is 0.321 e. The van der Waals surface area contributed by atoms with Crippen molar-refractivity contribution in [3.05, 3.63) is 0 Å². The van der Waals surface area contributed by atoms with Crippen LogP contribution in [0.15, 0.2) is 0 Å². The van der Waals surface area contributed by atoms with Gasteiger partial charge in [-0.2, -0.15) is 0 Å². The summed E-state index contributed by atoms with van der Waals surface area (Å²) in [4.78, 5) is 24.1. The minimum atomic E-state index is -1.59. The molecule has 0 aliphatic carbocycles. The molecular formula is C10H17NO5. The van der Waals surface area contributed by atoms with Gasteiger partial charge in [-0.05, 0) is 25.9 Å². The predicted octanol–water partition coefficient (Wildman–Crippen LogP) is -0.116. The van der Waals surface area contributed by atoms with E-state index in [1.807, 2.05) is 4.90 Å². The summed E-state index contributed by atoms with van der Waals surface area (Å²) in [5.41, 5.74) is -1.59. The molecule has 6 heteroatoms. The third kappa shape index (κ3) is 2.51. The van der Waals surface area contributed by atoms with Gasteiger partial charge in [-0.1, -0.05) is 0 Å². The molecule has 0 bridgehead atoms. The van der Waals surface area contributed by atoms with Crippen LogP contribution in [0.1, 0.15) is 12.8 Å². The maximum absolute atomic E-state index is 11.0. The van der Waals surface area contributed by atoms with Crippen molar-refractivity contribution in [2.45, 2.75) is 12.8 Å². The molecule has 0 aromatic heterocycles. The zero-order valence-corrected chi connectivity index (χ0v) is 9.31. The van der Waals surface area contributed by atoms with Crippen molar-refractivity contribution in [2.75, 3.05) is 33.4 Å². The lowest BCUT2D eigenvalue weighted by molar-refractivity contribution is -0.168. The molecule has 2 N–H and O–H groups in total. The van der Waals surface area contributed by atoms with E-state index < -0.39 is 17.4 Å².